The molecule has 0 aromatic rings. The van der Waals surface area contributed by atoms with Crippen LogP contribution >= 0.6 is 0 Å². The van der Waals surface area contributed by atoms with Crippen LogP contribution in [0.4, 0.5) is 4.79 Å². The second kappa shape index (κ2) is 6.31. The summed E-state index contributed by atoms with van der Waals surface area (Å²) in [6, 6.07) is 0. The lowest BCUT2D eigenvalue weighted by molar-refractivity contribution is -0.0291. The molecule has 5 heteroatoms. The van der Waals surface area contributed by atoms with Crippen molar-refractivity contribution in [1.29, 1.82) is 0 Å². The van der Waals surface area contributed by atoms with Crippen molar-refractivity contribution in [3.63, 3.8) is 0 Å². The van der Waals surface area contributed by atoms with E-state index in [4.69, 9.17) is 4.74 Å². The summed E-state index contributed by atoms with van der Waals surface area (Å²) in [6.07, 6.45) is -0.836. The molecule has 0 aromatic heterocycles. The first-order valence-corrected chi connectivity index (χ1v) is 2.76. The van der Waals surface area contributed by atoms with Crippen molar-refractivity contribution in [1.82, 2.24) is 0 Å². The zero-order chi connectivity index (χ0) is 7.82. The quantitative estimate of drug-likeness (QED) is 0.430. The third-order valence-corrected chi connectivity index (χ3v) is 0.716. The highest BCUT2D eigenvalue weighted by Gasteiger charge is 1.90. The molecule has 0 unspecified atom stereocenters. The summed E-state index contributed by atoms with van der Waals surface area (Å²) >= 11 is 0. The number of nitrogens with two attached hydrogens (primary N) is 1. The number of carbonyl (C=O) groups is 1. The van der Waals surface area contributed by atoms with Gasteiger partial charge in [-0.25, -0.2) is 4.79 Å². The van der Waals surface area contributed by atoms with Gasteiger partial charge in [0.25, 0.3) is 0 Å². The van der Waals surface area contributed by atoms with Gasteiger partial charge in [0.05, 0.1) is 13.2 Å². The average molecular weight is 149 g/mol. The van der Waals surface area contributed by atoms with Crippen molar-refractivity contribution in [2.45, 2.75) is 0 Å². The maximum Gasteiger partial charge on any atom is 0.406 e. The summed E-state index contributed by atoms with van der Waals surface area (Å²) in [5.41, 5.74) is 4.63. The fourth-order valence-corrected chi connectivity index (χ4v) is 0.301. The lowest BCUT2D eigenvalue weighted by atomic mass is 10.8. The number of amides is 1. The maximum atomic E-state index is 9.92. The number of hydrogen-bond acceptors (Lipinski definition) is 4. The summed E-state index contributed by atoms with van der Waals surface area (Å²) in [4.78, 5) is 9.92. The molecule has 0 aliphatic heterocycles. The molecule has 0 atom stereocenters. The molecule has 0 aromatic carbocycles. The van der Waals surface area contributed by atoms with Crippen LogP contribution in [0.25, 0.3) is 0 Å². The molecule has 0 saturated heterocycles. The predicted octanol–water partition coefficient (Wildman–Crippen LogP) is -0.298. The minimum Gasteiger partial charge on any atom is -0.422 e. The van der Waals surface area contributed by atoms with Crippen molar-refractivity contribution in [3.05, 3.63) is 0 Å². The van der Waals surface area contributed by atoms with E-state index in [-0.39, 0.29) is 6.79 Å². The third-order valence-electron chi connectivity index (χ3n) is 0.716. The predicted molar refractivity (Wildman–Crippen MR) is 33.4 cm³/mol. The third kappa shape index (κ3) is 7.19. The first kappa shape index (κ1) is 9.19. The van der Waals surface area contributed by atoms with Crippen LogP contribution < -0.4 is 5.73 Å². The smallest absolute Gasteiger partial charge is 0.406 e. The normalized spacial score (nSPS) is 9.30. The number of rotatable bonds is 5. The molecule has 0 heterocycles. The summed E-state index contributed by atoms with van der Waals surface area (Å²) < 4.78 is 13.6. The second-order valence-corrected chi connectivity index (χ2v) is 1.48. The molecule has 5 nitrogen and oxygen atoms in total. The molecule has 0 radical (unpaired) electrons. The number of ether oxygens (including phenoxy) is 3. The Hall–Kier alpha value is -0.810. The Kier molecular flexibility index (Phi) is 5.80. The first-order chi connectivity index (χ1) is 4.77. The molecule has 0 fully saturated rings. The number of primary amides is 1. The molecule has 0 aliphatic rings. The topological polar surface area (TPSA) is 70.8 Å². The lowest BCUT2D eigenvalue weighted by Crippen LogP contribution is -2.16. The van der Waals surface area contributed by atoms with Crippen molar-refractivity contribution < 1.29 is 19.0 Å². The second-order valence-electron chi connectivity index (χ2n) is 1.48. The van der Waals surface area contributed by atoms with E-state index in [1.165, 1.54) is 0 Å². The molecule has 0 spiro atoms. The Labute approximate surface area is 59.0 Å². The van der Waals surface area contributed by atoms with Gasteiger partial charge in [-0.1, -0.05) is 0 Å². The SMILES string of the molecule is COCCOCOC(N)=O. The Morgan fingerprint density at radius 1 is 1.50 bits per heavy atom. The Balaban J connectivity index is 2.84. The van der Waals surface area contributed by atoms with Gasteiger partial charge in [0.1, 0.15) is 0 Å². The fraction of sp³-hybridized carbons (Fsp3) is 0.800. The van der Waals surface area contributed by atoms with E-state index >= 15 is 0 Å². The van der Waals surface area contributed by atoms with Crippen molar-refractivity contribution in [3.8, 4) is 0 Å². The molecule has 0 saturated carbocycles. The minimum absolute atomic E-state index is 0.112. The average Bonchev–Trinajstić information content (AvgIpc) is 1.87. The van der Waals surface area contributed by atoms with Crippen LogP contribution in [0.1, 0.15) is 0 Å². The van der Waals surface area contributed by atoms with Gasteiger partial charge >= 0.3 is 6.09 Å². The van der Waals surface area contributed by atoms with E-state index in [2.05, 4.69) is 15.2 Å². The van der Waals surface area contributed by atoms with Crippen molar-refractivity contribution in [2.24, 2.45) is 5.73 Å². The minimum atomic E-state index is -0.836. The van der Waals surface area contributed by atoms with Gasteiger partial charge in [-0.3, -0.25) is 0 Å². The van der Waals surface area contributed by atoms with Gasteiger partial charge in [0, 0.05) is 7.11 Å². The monoisotopic (exact) mass is 149 g/mol. The zero-order valence-electron chi connectivity index (χ0n) is 5.83. The van der Waals surface area contributed by atoms with Crippen LogP contribution in [0.3, 0.4) is 0 Å². The maximum absolute atomic E-state index is 9.92. The molecule has 0 rings (SSSR count). The van der Waals surface area contributed by atoms with E-state index in [0.29, 0.717) is 13.2 Å². The highest BCUT2D eigenvalue weighted by molar-refractivity contribution is 5.64. The standard InChI is InChI=1S/C5H11NO4/c1-8-2-3-9-4-10-5(6)7/h2-4H2,1H3,(H2,6,7). The van der Waals surface area contributed by atoms with Gasteiger partial charge in [-0.2, -0.15) is 0 Å². The van der Waals surface area contributed by atoms with E-state index in [0.717, 1.165) is 0 Å². The Morgan fingerprint density at radius 3 is 2.70 bits per heavy atom. The zero-order valence-corrected chi connectivity index (χ0v) is 5.83. The summed E-state index contributed by atoms with van der Waals surface area (Å²) in [7, 11) is 1.55. The van der Waals surface area contributed by atoms with Gasteiger partial charge in [0.2, 0.25) is 0 Å². The highest BCUT2D eigenvalue weighted by Crippen LogP contribution is 1.77. The molecule has 10 heavy (non-hydrogen) atoms. The van der Waals surface area contributed by atoms with E-state index in [1.807, 2.05) is 0 Å². The van der Waals surface area contributed by atoms with Gasteiger partial charge < -0.3 is 19.9 Å². The lowest BCUT2D eigenvalue weighted by Gasteiger charge is -2.01. The van der Waals surface area contributed by atoms with Crippen molar-refractivity contribution in [2.75, 3.05) is 27.1 Å². The largest absolute Gasteiger partial charge is 0.422 e. The van der Waals surface area contributed by atoms with Crippen LogP contribution in [-0.4, -0.2) is 33.2 Å². The number of carbonyl (C=O) groups excluding carboxylic acids is 1. The van der Waals surface area contributed by atoms with Crippen molar-refractivity contribution >= 4 is 6.09 Å². The Bertz CT molecular complexity index is 95.6. The molecule has 1 amide bonds. The summed E-state index contributed by atoms with van der Waals surface area (Å²) in [5.74, 6) is 0. The van der Waals surface area contributed by atoms with E-state index in [9.17, 15) is 4.79 Å². The van der Waals surface area contributed by atoms with E-state index in [1.54, 1.807) is 7.11 Å². The van der Waals surface area contributed by atoms with Crippen LogP contribution in [0, 0.1) is 0 Å². The van der Waals surface area contributed by atoms with Gasteiger partial charge in [0.15, 0.2) is 6.79 Å². The van der Waals surface area contributed by atoms with Crippen LogP contribution in [-0.2, 0) is 14.2 Å². The van der Waals surface area contributed by atoms with Gasteiger partial charge in [-0.15, -0.1) is 0 Å². The molecule has 0 aliphatic carbocycles. The van der Waals surface area contributed by atoms with Crippen LogP contribution in [0.5, 0.6) is 0 Å². The highest BCUT2D eigenvalue weighted by atomic mass is 16.7. The fourth-order valence-electron chi connectivity index (χ4n) is 0.301. The summed E-state index contributed by atoms with van der Waals surface area (Å²) in [6.45, 7) is 0.755. The van der Waals surface area contributed by atoms with Gasteiger partial charge in [-0.05, 0) is 0 Å². The molecule has 0 bridgehead atoms. The number of methoxy groups -OCH3 is 1. The molecule has 2 N–H and O–H groups in total. The Morgan fingerprint density at radius 2 is 2.20 bits per heavy atom. The first-order valence-electron chi connectivity index (χ1n) is 2.76. The summed E-state index contributed by atoms with van der Waals surface area (Å²) in [5, 5.41) is 0. The molecular weight excluding hydrogens is 138 g/mol. The molecular formula is C5H11NO4. The molecule has 60 valence electrons. The number of hydrogen-bond donors (Lipinski definition) is 1. The van der Waals surface area contributed by atoms with Crippen LogP contribution in [0.15, 0.2) is 0 Å². The van der Waals surface area contributed by atoms with E-state index < -0.39 is 6.09 Å². The van der Waals surface area contributed by atoms with Crippen LogP contribution in [0.2, 0.25) is 0 Å².